The Balaban J connectivity index is 1.92. The largest absolute Gasteiger partial charge is 0.470 e. The molecule has 1 amide bonds. The molecule has 0 spiro atoms. The molecule has 0 fully saturated rings. The van der Waals surface area contributed by atoms with E-state index in [0.717, 1.165) is 0 Å². The van der Waals surface area contributed by atoms with Gasteiger partial charge in [-0.15, -0.1) is 0 Å². The summed E-state index contributed by atoms with van der Waals surface area (Å²) in [6.07, 6.45) is 1.87. The molecule has 2 heterocycles. The van der Waals surface area contributed by atoms with E-state index in [1.54, 1.807) is 0 Å². The number of carbonyl (C=O) groups excluding carboxylic acids is 1. The third-order valence-corrected chi connectivity index (χ3v) is 3.94. The van der Waals surface area contributed by atoms with Gasteiger partial charge < -0.3 is 20.2 Å². The molecule has 0 bridgehead atoms. The highest BCUT2D eigenvalue weighted by molar-refractivity contribution is 9.10. The molecule has 26 heavy (non-hydrogen) atoms. The van der Waals surface area contributed by atoms with E-state index in [0.29, 0.717) is 16.9 Å². The Labute approximate surface area is 153 Å². The van der Waals surface area contributed by atoms with Gasteiger partial charge in [-0.3, -0.25) is 4.52 Å². The molecule has 11 heteroatoms. The van der Waals surface area contributed by atoms with Gasteiger partial charge in [0.05, 0.1) is 21.4 Å². The van der Waals surface area contributed by atoms with E-state index in [2.05, 4.69) is 31.1 Å². The maximum Gasteiger partial charge on any atom is 0.446 e. The number of furan rings is 1. The second kappa shape index (κ2) is 7.44. The lowest BCUT2D eigenvalue weighted by Gasteiger charge is -2.08. The number of carbonyl (C=O) groups is 1. The van der Waals surface area contributed by atoms with Crippen molar-refractivity contribution in [3.8, 4) is 17.1 Å². The normalized spacial score (nSPS) is 10.7. The van der Waals surface area contributed by atoms with E-state index < -0.39 is 17.7 Å². The monoisotopic (exact) mass is 426 g/mol. The number of halogens is 2. The number of amides is 1. The predicted molar refractivity (Wildman–Crippen MR) is 91.5 cm³/mol. The summed E-state index contributed by atoms with van der Waals surface area (Å²) in [7, 11) is 0. The third kappa shape index (κ3) is 3.61. The Morgan fingerprint density at radius 3 is 2.96 bits per heavy atom. The van der Waals surface area contributed by atoms with Crippen LogP contribution in [0.2, 0.25) is 0 Å². The van der Waals surface area contributed by atoms with Crippen molar-refractivity contribution in [1.29, 1.82) is 0 Å². The zero-order chi connectivity index (χ0) is 18.7. The van der Waals surface area contributed by atoms with Crippen molar-refractivity contribution < 1.29 is 22.9 Å². The number of anilines is 1. The van der Waals surface area contributed by atoms with Crippen LogP contribution in [0.25, 0.3) is 17.1 Å². The highest BCUT2D eigenvalue weighted by Gasteiger charge is 2.20. The first kappa shape index (κ1) is 17.7. The van der Waals surface area contributed by atoms with Crippen molar-refractivity contribution >= 4 is 27.7 Å². The number of rotatable bonds is 6. The van der Waals surface area contributed by atoms with Crippen LogP contribution in [0.5, 0.6) is 0 Å². The molecule has 3 rings (SSSR count). The number of nitrogens with two attached hydrogens (primary N) is 1. The minimum absolute atomic E-state index is 0.0382. The molecular weight excluding hydrogens is 415 g/mol. The number of hydrogen-bond acceptors (Lipinski definition) is 7. The van der Waals surface area contributed by atoms with Crippen molar-refractivity contribution in [2.24, 2.45) is 5.73 Å². The molecule has 9 nitrogen and oxygen atoms in total. The molecule has 0 saturated heterocycles. The average Bonchev–Trinajstić information content (AvgIpc) is 3.20. The summed E-state index contributed by atoms with van der Waals surface area (Å²) < 4.78 is 29.3. The highest BCUT2D eigenvalue weighted by Crippen LogP contribution is 2.29. The lowest BCUT2D eigenvalue weighted by molar-refractivity contribution is 0.161. The van der Waals surface area contributed by atoms with Gasteiger partial charge in [-0.05, 0) is 34.1 Å². The number of aromatic nitrogens is 2. The van der Waals surface area contributed by atoms with Crippen molar-refractivity contribution in [3.05, 3.63) is 51.6 Å². The number of benzene rings is 1. The Hall–Kier alpha value is -3.08. The minimum atomic E-state index is -0.883. The van der Waals surface area contributed by atoms with Gasteiger partial charge in [-0.25, -0.2) is 18.5 Å². The standard InChI is InChI=1S/C15H12BrFN4O5/c16-10-5-8(1-2-11(10)17)21-13(20-26-15(21)23)9-6-24-7-12(9)19-3-4-25-14(18)22/h1-2,5-7,19H,3-4H2,(H2,18,22). The zero-order valence-corrected chi connectivity index (χ0v) is 14.7. The molecule has 0 aliphatic carbocycles. The number of nitrogens with one attached hydrogen (secondary N) is 1. The summed E-state index contributed by atoms with van der Waals surface area (Å²) in [6.45, 7) is 0.288. The molecule has 0 aliphatic rings. The average molecular weight is 427 g/mol. The van der Waals surface area contributed by atoms with E-state index in [-0.39, 0.29) is 23.4 Å². The fourth-order valence-electron chi connectivity index (χ4n) is 2.22. The topological polar surface area (TPSA) is 126 Å². The molecule has 3 N–H and O–H groups in total. The molecule has 0 saturated carbocycles. The summed E-state index contributed by atoms with van der Waals surface area (Å²) in [5, 5.41) is 6.73. The minimum Gasteiger partial charge on any atom is -0.470 e. The second-order valence-electron chi connectivity index (χ2n) is 5.00. The Morgan fingerprint density at radius 1 is 1.42 bits per heavy atom. The predicted octanol–water partition coefficient (Wildman–Crippen LogP) is 2.49. The van der Waals surface area contributed by atoms with Crippen LogP contribution in [-0.2, 0) is 4.74 Å². The quantitative estimate of drug-likeness (QED) is 0.579. The first-order chi connectivity index (χ1) is 12.5. The molecule has 0 unspecified atom stereocenters. The van der Waals surface area contributed by atoms with Crippen molar-refractivity contribution in [3.63, 3.8) is 0 Å². The van der Waals surface area contributed by atoms with Gasteiger partial charge in [-0.1, -0.05) is 5.16 Å². The molecular formula is C15H12BrFN4O5. The summed E-state index contributed by atoms with van der Waals surface area (Å²) in [4.78, 5) is 22.6. The molecule has 0 aliphatic heterocycles. The molecule has 1 aromatic carbocycles. The van der Waals surface area contributed by atoms with Gasteiger partial charge >= 0.3 is 11.8 Å². The third-order valence-electron chi connectivity index (χ3n) is 3.33. The van der Waals surface area contributed by atoms with E-state index in [9.17, 15) is 14.0 Å². The molecule has 0 atom stereocenters. The number of hydrogen-bond donors (Lipinski definition) is 2. The van der Waals surface area contributed by atoms with E-state index in [4.69, 9.17) is 14.7 Å². The van der Waals surface area contributed by atoms with Crippen molar-refractivity contribution in [1.82, 2.24) is 9.72 Å². The molecule has 3 aromatic rings. The summed E-state index contributed by atoms with van der Waals surface area (Å²) in [6, 6.07) is 4.04. The lowest BCUT2D eigenvalue weighted by atomic mass is 10.2. The van der Waals surface area contributed by atoms with E-state index >= 15 is 0 Å². The number of primary amides is 1. The van der Waals surface area contributed by atoms with E-state index in [1.807, 2.05) is 0 Å². The smallest absolute Gasteiger partial charge is 0.446 e. The van der Waals surface area contributed by atoms with Crippen molar-refractivity contribution in [2.45, 2.75) is 0 Å². The SMILES string of the molecule is NC(=O)OCCNc1cocc1-c1noc(=O)n1-c1ccc(F)c(Br)c1. The van der Waals surface area contributed by atoms with Crippen LogP contribution in [0.1, 0.15) is 0 Å². The fourth-order valence-corrected chi connectivity index (χ4v) is 2.58. The lowest BCUT2D eigenvalue weighted by Crippen LogP contribution is -2.18. The number of nitrogens with zero attached hydrogens (tertiary/aromatic N) is 2. The fraction of sp³-hybridized carbons (Fsp3) is 0.133. The van der Waals surface area contributed by atoms with Gasteiger partial charge in [-0.2, -0.15) is 0 Å². The van der Waals surface area contributed by atoms with E-state index in [1.165, 1.54) is 35.3 Å². The van der Waals surface area contributed by atoms with Crippen LogP contribution in [-0.4, -0.2) is 29.0 Å². The zero-order valence-electron chi connectivity index (χ0n) is 13.1. The highest BCUT2D eigenvalue weighted by atomic mass is 79.9. The van der Waals surface area contributed by atoms with Crippen LogP contribution in [0.4, 0.5) is 14.9 Å². The maximum absolute atomic E-state index is 13.5. The van der Waals surface area contributed by atoms with Crippen LogP contribution in [0.15, 0.2) is 48.9 Å². The number of ether oxygens (including phenoxy) is 1. The van der Waals surface area contributed by atoms with Gasteiger partial charge in [0.2, 0.25) is 0 Å². The van der Waals surface area contributed by atoms with Crippen LogP contribution >= 0.6 is 15.9 Å². The molecule has 0 radical (unpaired) electrons. The summed E-state index contributed by atoms with van der Waals surface area (Å²) in [5.41, 5.74) is 6.15. The maximum atomic E-state index is 13.5. The molecule has 2 aromatic heterocycles. The first-order valence-corrected chi connectivity index (χ1v) is 8.03. The molecule has 136 valence electrons. The second-order valence-corrected chi connectivity index (χ2v) is 5.85. The van der Waals surface area contributed by atoms with Crippen LogP contribution in [0.3, 0.4) is 0 Å². The van der Waals surface area contributed by atoms with Crippen LogP contribution < -0.4 is 16.8 Å². The Bertz CT molecular complexity index is 996. The van der Waals surface area contributed by atoms with Gasteiger partial charge in [0.1, 0.15) is 25.0 Å². The van der Waals surface area contributed by atoms with Crippen molar-refractivity contribution in [2.75, 3.05) is 18.5 Å². The van der Waals surface area contributed by atoms with Gasteiger partial charge in [0.15, 0.2) is 5.82 Å². The summed E-state index contributed by atoms with van der Waals surface area (Å²) >= 11 is 3.07. The first-order valence-electron chi connectivity index (χ1n) is 7.24. The van der Waals surface area contributed by atoms with Gasteiger partial charge in [0.25, 0.3) is 0 Å². The Kier molecular flexibility index (Phi) is 5.07. The Morgan fingerprint density at radius 2 is 2.23 bits per heavy atom. The summed E-state index contributed by atoms with van der Waals surface area (Å²) in [5.74, 6) is -1.07. The van der Waals surface area contributed by atoms with Gasteiger partial charge in [0, 0.05) is 6.54 Å². The van der Waals surface area contributed by atoms with Crippen LogP contribution in [0, 0.1) is 5.82 Å².